The van der Waals surface area contributed by atoms with Gasteiger partial charge in [-0.3, -0.25) is 4.79 Å². The molecule has 0 bridgehead atoms. The van der Waals surface area contributed by atoms with Crippen molar-refractivity contribution < 1.29 is 4.79 Å². The summed E-state index contributed by atoms with van der Waals surface area (Å²) in [4.78, 5) is 28.0. The molecule has 5 rings (SSSR count). The van der Waals surface area contributed by atoms with Crippen molar-refractivity contribution in [2.45, 2.75) is 19.8 Å². The van der Waals surface area contributed by atoms with Crippen LogP contribution in [0.5, 0.6) is 0 Å². The van der Waals surface area contributed by atoms with Gasteiger partial charge in [0.05, 0.1) is 4.88 Å². The average molecular weight is 503 g/mol. The Morgan fingerprint density at radius 3 is 2.46 bits per heavy atom. The second kappa shape index (κ2) is 10.6. The molecule has 1 amide bonds. The predicted octanol–water partition coefficient (Wildman–Crippen LogP) is 5.97. The van der Waals surface area contributed by atoms with Crippen LogP contribution in [0.1, 0.15) is 33.4 Å². The summed E-state index contributed by atoms with van der Waals surface area (Å²) in [6, 6.07) is 21.9. The minimum atomic E-state index is 0.112. The van der Waals surface area contributed by atoms with Crippen LogP contribution in [0.25, 0.3) is 11.4 Å². The molecular formula is C28H27ClN4OS. The van der Waals surface area contributed by atoms with Gasteiger partial charge in [-0.1, -0.05) is 67.1 Å². The highest BCUT2D eigenvalue weighted by atomic mass is 35.5. The van der Waals surface area contributed by atoms with Crippen LogP contribution in [-0.4, -0.2) is 47.0 Å². The molecule has 35 heavy (non-hydrogen) atoms. The van der Waals surface area contributed by atoms with Gasteiger partial charge in [0, 0.05) is 54.4 Å². The van der Waals surface area contributed by atoms with E-state index in [9.17, 15) is 4.79 Å². The lowest BCUT2D eigenvalue weighted by atomic mass is 10.0. The topological polar surface area (TPSA) is 49.3 Å². The molecule has 1 saturated heterocycles. The van der Waals surface area contributed by atoms with E-state index in [-0.39, 0.29) is 5.91 Å². The summed E-state index contributed by atoms with van der Waals surface area (Å²) in [6.07, 6.45) is 1.52. The fraction of sp³-hybridized carbons (Fsp3) is 0.250. The molecule has 0 spiro atoms. The number of anilines is 1. The van der Waals surface area contributed by atoms with Crippen LogP contribution in [0.3, 0.4) is 0 Å². The fourth-order valence-electron chi connectivity index (χ4n) is 4.50. The molecule has 0 saturated carbocycles. The molecule has 1 fully saturated rings. The standard InChI is InChI=1S/C28H27ClN4OS/c1-2-24-23(19-20-8-6-11-22(29)18-20)27(31-26(30-24)21-9-4-3-5-10-21)32-13-15-33(16-14-32)28(34)25-12-7-17-35-25/h3-12,17-18H,2,13-16,19H2,1H3. The number of amides is 1. The number of hydrogen-bond donors (Lipinski definition) is 0. The summed E-state index contributed by atoms with van der Waals surface area (Å²) in [5.41, 5.74) is 4.32. The average Bonchev–Trinajstić information content (AvgIpc) is 3.44. The molecule has 0 N–H and O–H groups in total. The molecule has 7 heteroatoms. The summed E-state index contributed by atoms with van der Waals surface area (Å²) < 4.78 is 0. The molecule has 4 aromatic rings. The molecule has 1 aliphatic rings. The SMILES string of the molecule is CCc1nc(-c2ccccc2)nc(N2CCN(C(=O)c3cccs3)CC2)c1Cc1cccc(Cl)c1. The predicted molar refractivity (Wildman–Crippen MR) is 144 cm³/mol. The zero-order valence-electron chi connectivity index (χ0n) is 19.7. The lowest BCUT2D eigenvalue weighted by Crippen LogP contribution is -2.49. The number of benzene rings is 2. The van der Waals surface area contributed by atoms with Crippen LogP contribution >= 0.6 is 22.9 Å². The van der Waals surface area contributed by atoms with Gasteiger partial charge in [-0.15, -0.1) is 11.3 Å². The van der Waals surface area contributed by atoms with Crippen molar-refractivity contribution in [2.24, 2.45) is 0 Å². The summed E-state index contributed by atoms with van der Waals surface area (Å²) in [6.45, 7) is 4.93. The van der Waals surface area contributed by atoms with E-state index in [4.69, 9.17) is 21.6 Å². The van der Waals surface area contributed by atoms with Crippen LogP contribution in [-0.2, 0) is 12.8 Å². The summed E-state index contributed by atoms with van der Waals surface area (Å²) >= 11 is 7.78. The second-order valence-corrected chi connectivity index (χ2v) is 9.96. The first-order valence-electron chi connectivity index (χ1n) is 11.9. The Morgan fingerprint density at radius 2 is 1.77 bits per heavy atom. The van der Waals surface area contributed by atoms with Gasteiger partial charge in [-0.25, -0.2) is 9.97 Å². The second-order valence-electron chi connectivity index (χ2n) is 8.58. The van der Waals surface area contributed by atoms with Crippen LogP contribution in [0, 0.1) is 0 Å². The molecular weight excluding hydrogens is 476 g/mol. The van der Waals surface area contributed by atoms with Crippen molar-refractivity contribution in [2.75, 3.05) is 31.1 Å². The van der Waals surface area contributed by atoms with Gasteiger partial charge in [0.15, 0.2) is 5.82 Å². The smallest absolute Gasteiger partial charge is 0.264 e. The lowest BCUT2D eigenvalue weighted by Gasteiger charge is -2.36. The normalized spacial score (nSPS) is 13.8. The number of hydrogen-bond acceptors (Lipinski definition) is 5. The van der Waals surface area contributed by atoms with Gasteiger partial charge in [-0.2, -0.15) is 0 Å². The number of halogens is 1. The van der Waals surface area contributed by atoms with Crippen LogP contribution in [0.15, 0.2) is 72.1 Å². The monoisotopic (exact) mass is 502 g/mol. The Morgan fingerprint density at radius 1 is 0.971 bits per heavy atom. The van der Waals surface area contributed by atoms with Crippen molar-refractivity contribution in [3.05, 3.63) is 98.8 Å². The maximum atomic E-state index is 12.9. The van der Waals surface area contributed by atoms with E-state index in [0.717, 1.165) is 63.4 Å². The molecule has 2 aromatic carbocycles. The van der Waals surface area contributed by atoms with E-state index in [2.05, 4.69) is 17.9 Å². The van der Waals surface area contributed by atoms with Crippen molar-refractivity contribution in [1.29, 1.82) is 0 Å². The van der Waals surface area contributed by atoms with Gasteiger partial charge in [-0.05, 0) is 35.6 Å². The van der Waals surface area contributed by atoms with Gasteiger partial charge in [0.25, 0.3) is 5.91 Å². The number of aromatic nitrogens is 2. The lowest BCUT2D eigenvalue weighted by molar-refractivity contribution is 0.0751. The Kier molecular flexibility index (Phi) is 7.11. The molecule has 0 radical (unpaired) electrons. The first kappa shape index (κ1) is 23.5. The summed E-state index contributed by atoms with van der Waals surface area (Å²) in [5.74, 6) is 1.81. The first-order chi connectivity index (χ1) is 17.1. The molecule has 0 unspecified atom stereocenters. The van der Waals surface area contributed by atoms with Gasteiger partial charge in [0.1, 0.15) is 5.82 Å². The largest absolute Gasteiger partial charge is 0.353 e. The molecule has 0 atom stereocenters. The number of nitrogens with zero attached hydrogens (tertiary/aromatic N) is 4. The number of carbonyl (C=O) groups is 1. The van der Waals surface area contributed by atoms with Crippen LogP contribution in [0.2, 0.25) is 5.02 Å². The van der Waals surface area contributed by atoms with E-state index < -0.39 is 0 Å². The Balaban J connectivity index is 1.49. The highest BCUT2D eigenvalue weighted by Crippen LogP contribution is 2.30. The third kappa shape index (κ3) is 5.24. The molecule has 0 aliphatic carbocycles. The maximum Gasteiger partial charge on any atom is 0.264 e. The van der Waals surface area contributed by atoms with Crippen LogP contribution < -0.4 is 4.90 Å². The zero-order chi connectivity index (χ0) is 24.2. The maximum absolute atomic E-state index is 12.9. The highest BCUT2D eigenvalue weighted by molar-refractivity contribution is 7.12. The fourth-order valence-corrected chi connectivity index (χ4v) is 5.40. The van der Waals surface area contributed by atoms with E-state index in [0.29, 0.717) is 19.5 Å². The summed E-state index contributed by atoms with van der Waals surface area (Å²) in [7, 11) is 0. The minimum absolute atomic E-state index is 0.112. The minimum Gasteiger partial charge on any atom is -0.353 e. The molecule has 3 heterocycles. The Hall–Kier alpha value is -3.22. The third-order valence-electron chi connectivity index (χ3n) is 6.31. The van der Waals surface area contributed by atoms with Crippen molar-refractivity contribution in [3.63, 3.8) is 0 Å². The number of aryl methyl sites for hydroxylation is 1. The first-order valence-corrected chi connectivity index (χ1v) is 13.2. The van der Waals surface area contributed by atoms with Gasteiger partial charge < -0.3 is 9.80 Å². The third-order valence-corrected chi connectivity index (χ3v) is 7.40. The van der Waals surface area contributed by atoms with Crippen LogP contribution in [0.4, 0.5) is 5.82 Å². The van der Waals surface area contributed by atoms with E-state index in [1.54, 1.807) is 0 Å². The van der Waals surface area contributed by atoms with E-state index >= 15 is 0 Å². The Bertz CT molecular complexity index is 1300. The molecule has 5 nitrogen and oxygen atoms in total. The van der Waals surface area contributed by atoms with Crippen molar-refractivity contribution >= 4 is 34.7 Å². The Labute approximate surface area is 215 Å². The number of carbonyl (C=O) groups excluding carboxylic acids is 1. The van der Waals surface area contributed by atoms with Gasteiger partial charge in [0.2, 0.25) is 0 Å². The number of rotatable bonds is 6. The molecule has 2 aromatic heterocycles. The number of thiophene rings is 1. The van der Waals surface area contributed by atoms with Crippen molar-refractivity contribution in [3.8, 4) is 11.4 Å². The van der Waals surface area contributed by atoms with E-state index in [1.807, 2.05) is 70.9 Å². The highest BCUT2D eigenvalue weighted by Gasteiger charge is 2.26. The summed E-state index contributed by atoms with van der Waals surface area (Å²) in [5, 5.41) is 2.67. The van der Waals surface area contributed by atoms with Gasteiger partial charge >= 0.3 is 0 Å². The quantitative estimate of drug-likeness (QED) is 0.325. The molecule has 178 valence electrons. The molecule has 1 aliphatic heterocycles. The van der Waals surface area contributed by atoms with E-state index in [1.165, 1.54) is 11.3 Å². The number of piperazine rings is 1. The zero-order valence-corrected chi connectivity index (χ0v) is 21.2. The van der Waals surface area contributed by atoms with Crippen molar-refractivity contribution in [1.82, 2.24) is 14.9 Å².